The van der Waals surface area contributed by atoms with Crippen LogP contribution in [-0.4, -0.2) is 25.2 Å². The van der Waals surface area contributed by atoms with E-state index in [1.807, 2.05) is 19.1 Å². The number of nitriles is 2. The largest absolute Gasteiger partial charge is 0.272 e. The average Bonchev–Trinajstić information content (AvgIpc) is 2.51. The fourth-order valence-corrected chi connectivity index (χ4v) is 3.91. The highest BCUT2D eigenvalue weighted by Crippen LogP contribution is 2.36. The molecule has 6 nitrogen and oxygen atoms in total. The maximum absolute atomic E-state index is 12.7. The van der Waals surface area contributed by atoms with Gasteiger partial charge in [0.15, 0.2) is 0 Å². The summed E-state index contributed by atoms with van der Waals surface area (Å²) in [7, 11) is -4.08. The van der Waals surface area contributed by atoms with Crippen molar-refractivity contribution in [2.24, 2.45) is 5.41 Å². The Morgan fingerprint density at radius 3 is 2.39 bits per heavy atom. The number of carbonyl (C=O) groups excluding carboxylic acids is 1. The van der Waals surface area contributed by atoms with Crippen LogP contribution >= 0.6 is 0 Å². The fraction of sp³-hybridized carbons (Fsp3) is 0.312. The van der Waals surface area contributed by atoms with Gasteiger partial charge in [-0.3, -0.25) is 4.79 Å². The van der Waals surface area contributed by atoms with Crippen LogP contribution in [0.2, 0.25) is 0 Å². The van der Waals surface area contributed by atoms with Crippen molar-refractivity contribution in [1.82, 2.24) is 4.31 Å². The first-order valence-corrected chi connectivity index (χ1v) is 8.31. The molecule has 1 heterocycles. The molecule has 0 N–H and O–H groups in total. The minimum Gasteiger partial charge on any atom is -0.272 e. The van der Waals surface area contributed by atoms with Gasteiger partial charge in [0.05, 0.1) is 23.6 Å². The Hall–Kier alpha value is -2.64. The van der Waals surface area contributed by atoms with Crippen molar-refractivity contribution < 1.29 is 13.2 Å². The molecule has 118 valence electrons. The van der Waals surface area contributed by atoms with E-state index in [1.165, 1.54) is 25.1 Å². The van der Waals surface area contributed by atoms with E-state index in [4.69, 9.17) is 5.26 Å². The third kappa shape index (κ3) is 2.96. The van der Waals surface area contributed by atoms with Crippen LogP contribution in [0.25, 0.3) is 0 Å². The summed E-state index contributed by atoms with van der Waals surface area (Å²) < 4.78 is 26.2. The zero-order chi connectivity index (χ0) is 17.3. The van der Waals surface area contributed by atoms with Crippen molar-refractivity contribution in [3.8, 4) is 12.1 Å². The second-order valence-corrected chi connectivity index (χ2v) is 7.54. The van der Waals surface area contributed by atoms with Gasteiger partial charge in [0.1, 0.15) is 5.41 Å². The molecule has 1 atom stereocenters. The number of aryl methyl sites for hydroxylation is 1. The van der Waals surface area contributed by atoms with Gasteiger partial charge in [-0.15, -0.1) is 0 Å². The standard InChI is InChI=1S/C16H15N3O3S/c1-12-3-5-14(6-4-12)23(21,22)19-10-13(7-8-17)9-16(2,11-18)15(19)20/h3-7H,9-10H2,1-2H3/b13-7+. The Kier molecular flexibility index (Phi) is 4.26. The van der Waals surface area contributed by atoms with Crippen LogP contribution in [0.5, 0.6) is 0 Å². The van der Waals surface area contributed by atoms with E-state index in [0.717, 1.165) is 5.56 Å². The SMILES string of the molecule is Cc1ccc(S(=O)(=O)N2C/C(=C/C#N)CC(C)(C#N)C2=O)cc1. The lowest BCUT2D eigenvalue weighted by Crippen LogP contribution is -2.50. The fourth-order valence-electron chi connectivity index (χ4n) is 2.42. The number of hydrogen-bond donors (Lipinski definition) is 0. The van der Waals surface area contributed by atoms with E-state index < -0.39 is 21.3 Å². The van der Waals surface area contributed by atoms with E-state index in [1.54, 1.807) is 12.1 Å². The summed E-state index contributed by atoms with van der Waals surface area (Å²) in [5.41, 5.74) is -0.175. The van der Waals surface area contributed by atoms with Gasteiger partial charge in [-0.1, -0.05) is 17.7 Å². The zero-order valence-corrected chi connectivity index (χ0v) is 13.6. The normalized spacial score (nSPS) is 23.4. The summed E-state index contributed by atoms with van der Waals surface area (Å²) in [5, 5.41) is 18.1. The first-order chi connectivity index (χ1) is 10.7. The molecule has 1 fully saturated rings. The summed E-state index contributed by atoms with van der Waals surface area (Å²) >= 11 is 0. The molecule has 1 aromatic carbocycles. The number of nitrogens with zero attached hydrogens (tertiary/aromatic N) is 3. The predicted molar refractivity (Wildman–Crippen MR) is 82.1 cm³/mol. The molecular weight excluding hydrogens is 314 g/mol. The van der Waals surface area contributed by atoms with Crippen LogP contribution in [0.15, 0.2) is 40.8 Å². The lowest BCUT2D eigenvalue weighted by Gasteiger charge is -2.35. The number of benzene rings is 1. The molecule has 1 aliphatic heterocycles. The third-order valence-electron chi connectivity index (χ3n) is 3.75. The molecule has 1 aromatic rings. The molecule has 0 aromatic heterocycles. The maximum atomic E-state index is 12.7. The second-order valence-electron chi connectivity index (χ2n) is 5.68. The van der Waals surface area contributed by atoms with E-state index >= 15 is 0 Å². The number of sulfonamides is 1. The van der Waals surface area contributed by atoms with Gasteiger partial charge in [-0.25, -0.2) is 12.7 Å². The first kappa shape index (κ1) is 16.7. The lowest BCUT2D eigenvalue weighted by atomic mass is 9.81. The van der Waals surface area contributed by atoms with Crippen LogP contribution in [-0.2, 0) is 14.8 Å². The highest BCUT2D eigenvalue weighted by Gasteiger charge is 2.46. The van der Waals surface area contributed by atoms with Crippen LogP contribution in [0.3, 0.4) is 0 Å². The van der Waals surface area contributed by atoms with Crippen LogP contribution in [0.4, 0.5) is 0 Å². The van der Waals surface area contributed by atoms with Gasteiger partial charge in [-0.05, 0) is 38.0 Å². The van der Waals surface area contributed by atoms with Crippen molar-refractivity contribution in [1.29, 1.82) is 10.5 Å². The molecule has 1 saturated heterocycles. The van der Waals surface area contributed by atoms with E-state index in [9.17, 15) is 18.5 Å². The smallest absolute Gasteiger partial charge is 0.266 e. The van der Waals surface area contributed by atoms with E-state index in [0.29, 0.717) is 9.88 Å². The summed E-state index contributed by atoms with van der Waals surface area (Å²) in [6.07, 6.45) is 1.25. The zero-order valence-electron chi connectivity index (χ0n) is 12.8. The maximum Gasteiger partial charge on any atom is 0.266 e. The molecule has 7 heteroatoms. The Morgan fingerprint density at radius 1 is 1.26 bits per heavy atom. The van der Waals surface area contributed by atoms with Gasteiger partial charge in [0.25, 0.3) is 15.9 Å². The van der Waals surface area contributed by atoms with Gasteiger partial charge < -0.3 is 0 Å². The van der Waals surface area contributed by atoms with Gasteiger partial charge in [-0.2, -0.15) is 10.5 Å². The highest BCUT2D eigenvalue weighted by atomic mass is 32.2. The third-order valence-corrected chi connectivity index (χ3v) is 5.49. The number of hydrogen-bond acceptors (Lipinski definition) is 5. The molecule has 0 radical (unpaired) electrons. The number of rotatable bonds is 2. The number of allylic oxidation sites excluding steroid dienone is 1. The second kappa shape index (κ2) is 5.86. The predicted octanol–water partition coefficient (Wildman–Crippen LogP) is 1.90. The van der Waals surface area contributed by atoms with Crippen LogP contribution in [0.1, 0.15) is 18.9 Å². The van der Waals surface area contributed by atoms with Crippen LogP contribution < -0.4 is 0 Å². The van der Waals surface area contributed by atoms with Crippen molar-refractivity contribution >= 4 is 15.9 Å². The lowest BCUT2D eigenvalue weighted by molar-refractivity contribution is -0.134. The first-order valence-electron chi connectivity index (χ1n) is 6.87. The molecule has 1 amide bonds. The molecule has 1 aliphatic rings. The minimum absolute atomic E-state index is 0.0186. The molecule has 0 bridgehead atoms. The average molecular weight is 329 g/mol. The van der Waals surface area contributed by atoms with E-state index in [2.05, 4.69) is 0 Å². The molecule has 23 heavy (non-hydrogen) atoms. The molecule has 2 rings (SSSR count). The minimum atomic E-state index is -4.08. The van der Waals surface area contributed by atoms with Crippen molar-refractivity contribution in [3.05, 3.63) is 41.5 Å². The quantitative estimate of drug-likeness (QED) is 0.771. The Balaban J connectivity index is 2.53. The van der Waals surface area contributed by atoms with Gasteiger partial charge >= 0.3 is 0 Å². The Bertz CT molecular complexity index is 857. The summed E-state index contributed by atoms with van der Waals surface area (Å²) in [5.74, 6) is -0.768. The highest BCUT2D eigenvalue weighted by molar-refractivity contribution is 7.89. The molecule has 0 spiro atoms. The topological polar surface area (TPSA) is 102 Å². The van der Waals surface area contributed by atoms with Gasteiger partial charge in [0, 0.05) is 6.08 Å². The van der Waals surface area contributed by atoms with Crippen LogP contribution in [0, 0.1) is 35.0 Å². The molecule has 1 unspecified atom stereocenters. The Labute approximate surface area is 135 Å². The molecule has 0 saturated carbocycles. The number of carbonyl (C=O) groups is 1. The van der Waals surface area contributed by atoms with Crippen molar-refractivity contribution in [3.63, 3.8) is 0 Å². The van der Waals surface area contributed by atoms with Crippen molar-refractivity contribution in [2.45, 2.75) is 25.2 Å². The number of piperidine rings is 1. The van der Waals surface area contributed by atoms with Gasteiger partial charge in [0.2, 0.25) is 0 Å². The Morgan fingerprint density at radius 2 is 1.87 bits per heavy atom. The molecular formula is C16H15N3O3S. The molecule has 0 aliphatic carbocycles. The monoisotopic (exact) mass is 329 g/mol. The summed E-state index contributed by atoms with van der Waals surface area (Å²) in [6, 6.07) is 9.82. The van der Waals surface area contributed by atoms with E-state index in [-0.39, 0.29) is 17.9 Å². The summed E-state index contributed by atoms with van der Waals surface area (Å²) in [6.45, 7) is 3.00. The number of amides is 1. The van der Waals surface area contributed by atoms with Crippen molar-refractivity contribution in [2.75, 3.05) is 6.54 Å². The summed E-state index contributed by atoms with van der Waals surface area (Å²) in [4.78, 5) is 12.5.